The summed E-state index contributed by atoms with van der Waals surface area (Å²) in [5.74, 6) is 2.08. The molecule has 5 heteroatoms. The summed E-state index contributed by atoms with van der Waals surface area (Å²) < 4.78 is 11.1. The van der Waals surface area contributed by atoms with Crippen molar-refractivity contribution >= 4 is 28.9 Å². The normalized spacial score (nSPS) is 23.6. The topological polar surface area (TPSA) is 30.5 Å². The van der Waals surface area contributed by atoms with Crippen molar-refractivity contribution in [3.05, 3.63) is 63.7 Å². The molecule has 2 aliphatic rings. The Morgan fingerprint density at radius 3 is 2.60 bits per heavy atom. The van der Waals surface area contributed by atoms with Gasteiger partial charge in [0.2, 0.25) is 0 Å². The number of fused-ring (bicyclic) bond motifs is 3. The molecule has 1 heterocycles. The maximum absolute atomic E-state index is 6.50. The van der Waals surface area contributed by atoms with E-state index in [1.165, 1.54) is 0 Å². The number of halogens is 2. The summed E-state index contributed by atoms with van der Waals surface area (Å²) in [6.45, 7) is 0. The third kappa shape index (κ3) is 2.57. The van der Waals surface area contributed by atoms with Crippen LogP contribution in [0.4, 0.5) is 5.69 Å². The molecule has 0 amide bonds. The molecule has 0 saturated carbocycles. The number of allylic oxidation sites excluding steroid dienone is 2. The lowest BCUT2D eigenvalue weighted by Crippen LogP contribution is -2.30. The van der Waals surface area contributed by atoms with Crippen LogP contribution in [0.2, 0.25) is 10.0 Å². The molecule has 0 bridgehead atoms. The molecular formula is C20H19Cl2NO2. The van der Waals surface area contributed by atoms with Gasteiger partial charge in [-0.1, -0.05) is 47.5 Å². The van der Waals surface area contributed by atoms with Crippen LogP contribution in [0.3, 0.4) is 0 Å². The lowest BCUT2D eigenvalue weighted by Gasteiger charge is -2.39. The molecular weight excluding hydrogens is 357 g/mol. The fourth-order valence-corrected chi connectivity index (χ4v) is 4.60. The molecule has 4 rings (SSSR count). The lowest BCUT2D eigenvalue weighted by atomic mass is 9.76. The molecule has 1 aliphatic carbocycles. The molecule has 3 atom stereocenters. The Labute approximate surface area is 157 Å². The minimum absolute atomic E-state index is 0.0634. The maximum Gasteiger partial charge on any atom is 0.165 e. The molecule has 2 aromatic carbocycles. The van der Waals surface area contributed by atoms with Crippen molar-refractivity contribution in [1.82, 2.24) is 0 Å². The Balaban J connectivity index is 1.87. The summed E-state index contributed by atoms with van der Waals surface area (Å²) in [5.41, 5.74) is 3.07. The van der Waals surface area contributed by atoms with Gasteiger partial charge in [0.25, 0.3) is 0 Å². The fraction of sp³-hybridized carbons (Fsp3) is 0.300. The Morgan fingerprint density at radius 1 is 1.04 bits per heavy atom. The molecule has 2 aromatic rings. The molecule has 0 fully saturated rings. The zero-order chi connectivity index (χ0) is 17.6. The first-order valence-corrected chi connectivity index (χ1v) is 9.03. The van der Waals surface area contributed by atoms with Gasteiger partial charge in [0, 0.05) is 22.1 Å². The van der Waals surface area contributed by atoms with E-state index in [2.05, 4.69) is 23.5 Å². The molecule has 0 spiro atoms. The monoisotopic (exact) mass is 375 g/mol. The highest BCUT2D eigenvalue weighted by Crippen LogP contribution is 2.55. The number of nitrogens with one attached hydrogen (secondary N) is 1. The van der Waals surface area contributed by atoms with Crippen molar-refractivity contribution in [2.45, 2.75) is 18.4 Å². The van der Waals surface area contributed by atoms with E-state index in [-0.39, 0.29) is 12.0 Å². The highest BCUT2D eigenvalue weighted by molar-refractivity contribution is 6.36. The number of hydrogen-bond acceptors (Lipinski definition) is 3. The van der Waals surface area contributed by atoms with E-state index >= 15 is 0 Å². The molecule has 0 saturated heterocycles. The number of hydrogen-bond donors (Lipinski definition) is 1. The molecule has 0 aromatic heterocycles. The minimum atomic E-state index is 0.0634. The van der Waals surface area contributed by atoms with Gasteiger partial charge in [0.15, 0.2) is 11.5 Å². The summed E-state index contributed by atoms with van der Waals surface area (Å²) in [4.78, 5) is 0. The average Bonchev–Trinajstić information content (AvgIpc) is 3.12. The maximum atomic E-state index is 6.50. The van der Waals surface area contributed by atoms with E-state index in [1.807, 2.05) is 24.3 Å². The van der Waals surface area contributed by atoms with Crippen molar-refractivity contribution in [3.8, 4) is 11.5 Å². The number of rotatable bonds is 3. The van der Waals surface area contributed by atoms with Crippen LogP contribution >= 0.6 is 23.2 Å². The van der Waals surface area contributed by atoms with E-state index in [0.29, 0.717) is 10.9 Å². The summed E-state index contributed by atoms with van der Waals surface area (Å²) in [5, 5.41) is 5.07. The molecule has 130 valence electrons. The molecule has 0 radical (unpaired) electrons. The van der Waals surface area contributed by atoms with Gasteiger partial charge >= 0.3 is 0 Å². The quantitative estimate of drug-likeness (QED) is 0.683. The van der Waals surface area contributed by atoms with E-state index < -0.39 is 0 Å². The minimum Gasteiger partial charge on any atom is -0.493 e. The van der Waals surface area contributed by atoms with Crippen molar-refractivity contribution < 1.29 is 9.47 Å². The average molecular weight is 376 g/mol. The van der Waals surface area contributed by atoms with E-state index in [1.54, 1.807) is 14.2 Å². The smallest absolute Gasteiger partial charge is 0.165 e. The van der Waals surface area contributed by atoms with Gasteiger partial charge in [0.1, 0.15) is 0 Å². The third-order valence-corrected chi connectivity index (χ3v) is 5.83. The number of benzene rings is 2. The second-order valence-electron chi connectivity index (χ2n) is 6.38. The van der Waals surface area contributed by atoms with Crippen molar-refractivity contribution in [1.29, 1.82) is 0 Å². The molecule has 25 heavy (non-hydrogen) atoms. The Morgan fingerprint density at radius 2 is 1.84 bits per heavy atom. The number of ether oxygens (including phenoxy) is 2. The van der Waals surface area contributed by atoms with E-state index in [0.717, 1.165) is 39.8 Å². The zero-order valence-electron chi connectivity index (χ0n) is 14.1. The second-order valence-corrected chi connectivity index (χ2v) is 7.19. The summed E-state index contributed by atoms with van der Waals surface area (Å²) in [6.07, 6.45) is 5.44. The number of methoxy groups -OCH3 is 2. The van der Waals surface area contributed by atoms with Crippen LogP contribution in [0.1, 0.15) is 29.5 Å². The van der Waals surface area contributed by atoms with E-state index in [4.69, 9.17) is 32.7 Å². The lowest BCUT2D eigenvalue weighted by molar-refractivity contribution is 0.341. The Hall–Kier alpha value is -1.84. The van der Waals surface area contributed by atoms with Gasteiger partial charge in [-0.2, -0.15) is 0 Å². The predicted molar refractivity (Wildman–Crippen MR) is 102 cm³/mol. The highest BCUT2D eigenvalue weighted by Gasteiger charge is 2.41. The Kier molecular flexibility index (Phi) is 4.30. The summed E-state index contributed by atoms with van der Waals surface area (Å²) in [7, 11) is 3.33. The Bertz CT molecular complexity index is 850. The molecule has 1 N–H and O–H groups in total. The van der Waals surface area contributed by atoms with Crippen LogP contribution in [0.5, 0.6) is 11.5 Å². The van der Waals surface area contributed by atoms with Crippen molar-refractivity contribution in [2.75, 3.05) is 19.5 Å². The second kappa shape index (κ2) is 6.47. The number of anilines is 1. The summed E-state index contributed by atoms with van der Waals surface area (Å²) >= 11 is 13.0. The van der Waals surface area contributed by atoms with Gasteiger partial charge in [-0.25, -0.2) is 0 Å². The standard InChI is InChI=1S/C20H19Cl2NO2/c1-24-16-8-4-7-13(20(16)25-2)18-12-6-3-5-11(12)17-14(21)9-10-15(22)19(17)23-18/h3-5,7-12,18,23H,6H2,1-2H3/t11-,12-,18-/m1/s1. The van der Waals surface area contributed by atoms with Gasteiger partial charge in [0.05, 0.1) is 31.0 Å². The van der Waals surface area contributed by atoms with Crippen molar-refractivity contribution in [3.63, 3.8) is 0 Å². The SMILES string of the molecule is COc1cccc([C@@H]2Nc3c(Cl)ccc(Cl)c3[C@@H]3C=CC[C@H]32)c1OC. The first kappa shape index (κ1) is 16.6. The predicted octanol–water partition coefficient (Wildman–Crippen LogP) is 5.84. The van der Waals surface area contributed by atoms with Crippen LogP contribution in [0.25, 0.3) is 0 Å². The number of para-hydroxylation sites is 1. The molecule has 0 unspecified atom stereocenters. The summed E-state index contributed by atoms with van der Waals surface area (Å²) in [6, 6.07) is 9.76. The van der Waals surface area contributed by atoms with Gasteiger partial charge in [-0.05, 0) is 30.5 Å². The van der Waals surface area contributed by atoms with Crippen LogP contribution in [0, 0.1) is 5.92 Å². The first-order valence-electron chi connectivity index (χ1n) is 8.27. The zero-order valence-corrected chi connectivity index (χ0v) is 15.6. The fourth-order valence-electron chi connectivity index (χ4n) is 4.09. The van der Waals surface area contributed by atoms with Crippen LogP contribution in [-0.4, -0.2) is 14.2 Å². The van der Waals surface area contributed by atoms with Crippen LogP contribution in [0.15, 0.2) is 42.5 Å². The molecule has 3 nitrogen and oxygen atoms in total. The van der Waals surface area contributed by atoms with Crippen LogP contribution in [-0.2, 0) is 0 Å². The molecule has 1 aliphatic heterocycles. The van der Waals surface area contributed by atoms with Crippen LogP contribution < -0.4 is 14.8 Å². The third-order valence-electron chi connectivity index (χ3n) is 5.18. The van der Waals surface area contributed by atoms with E-state index in [9.17, 15) is 0 Å². The highest BCUT2D eigenvalue weighted by atomic mass is 35.5. The van der Waals surface area contributed by atoms with Crippen molar-refractivity contribution in [2.24, 2.45) is 5.92 Å². The van der Waals surface area contributed by atoms with Gasteiger partial charge < -0.3 is 14.8 Å². The first-order chi connectivity index (χ1) is 12.2. The van der Waals surface area contributed by atoms with Gasteiger partial charge in [-0.3, -0.25) is 0 Å². The van der Waals surface area contributed by atoms with Gasteiger partial charge in [-0.15, -0.1) is 0 Å². The largest absolute Gasteiger partial charge is 0.493 e.